The zero-order chi connectivity index (χ0) is 74.0. The third-order valence-electron chi connectivity index (χ3n) is 20.2. The van der Waals surface area contributed by atoms with Gasteiger partial charge in [0.25, 0.3) is 0 Å². The van der Waals surface area contributed by atoms with Crippen molar-refractivity contribution in [2.45, 2.75) is 457 Å². The number of phosphoric acid groups is 1. The molecule has 0 aliphatic heterocycles. The fourth-order valence-electron chi connectivity index (χ4n) is 13.5. The van der Waals surface area contributed by atoms with Crippen LogP contribution in [-0.2, 0) is 32.7 Å². The summed E-state index contributed by atoms with van der Waals surface area (Å²) in [6.45, 7) is 4.40. The highest BCUT2D eigenvalue weighted by molar-refractivity contribution is 7.47. The van der Waals surface area contributed by atoms with Gasteiger partial charge < -0.3 is 18.9 Å². The Hall–Kier alpha value is -2.55. The topological polar surface area (TPSA) is 108 Å². The van der Waals surface area contributed by atoms with Gasteiger partial charge in [0.1, 0.15) is 19.8 Å². The molecule has 0 spiro atoms. The second-order valence-electron chi connectivity index (χ2n) is 31.6. The number of ether oxygens (including phenoxy) is 2. The van der Waals surface area contributed by atoms with Crippen LogP contribution in [0.15, 0.2) is 72.9 Å². The van der Waals surface area contributed by atoms with Crippen molar-refractivity contribution in [1.82, 2.24) is 0 Å². The van der Waals surface area contributed by atoms with E-state index in [4.69, 9.17) is 18.5 Å². The van der Waals surface area contributed by atoms with Gasteiger partial charge in [-0.25, -0.2) is 4.57 Å². The molecule has 10 heteroatoms. The Balaban J connectivity index is 3.85. The van der Waals surface area contributed by atoms with E-state index in [1.165, 1.54) is 353 Å². The van der Waals surface area contributed by atoms with Crippen LogP contribution < -0.4 is 0 Å². The second-order valence-corrected chi connectivity index (χ2v) is 33.1. The molecule has 0 rings (SSSR count). The molecule has 0 aromatic carbocycles. The smallest absolute Gasteiger partial charge is 0.462 e. The number of rotatable bonds is 84. The average molecular weight is 1450 g/mol. The molecule has 2 unspecified atom stereocenters. The lowest BCUT2D eigenvalue weighted by molar-refractivity contribution is -0.870. The van der Waals surface area contributed by atoms with Gasteiger partial charge >= 0.3 is 19.8 Å². The molecule has 0 fully saturated rings. The number of esters is 2. The number of hydrogen-bond acceptors (Lipinski definition) is 7. The maximum absolute atomic E-state index is 12.9. The molecule has 598 valence electrons. The van der Waals surface area contributed by atoms with Gasteiger partial charge in [-0.15, -0.1) is 0 Å². The van der Waals surface area contributed by atoms with E-state index in [0.29, 0.717) is 23.9 Å². The van der Waals surface area contributed by atoms with Crippen molar-refractivity contribution in [3.05, 3.63) is 72.9 Å². The Morgan fingerprint density at radius 2 is 0.559 bits per heavy atom. The number of hydrogen-bond donors (Lipinski definition) is 1. The van der Waals surface area contributed by atoms with Crippen molar-refractivity contribution in [2.24, 2.45) is 0 Å². The van der Waals surface area contributed by atoms with Crippen LogP contribution in [0.25, 0.3) is 0 Å². The second kappa shape index (κ2) is 82.5. The Morgan fingerprint density at radius 3 is 0.843 bits per heavy atom. The van der Waals surface area contributed by atoms with Gasteiger partial charge in [-0.2, -0.15) is 0 Å². The molecule has 0 heterocycles. The van der Waals surface area contributed by atoms with Crippen LogP contribution >= 0.6 is 7.82 Å². The number of carbonyl (C=O) groups excluding carboxylic acids is 2. The predicted molar refractivity (Wildman–Crippen MR) is 446 cm³/mol. The first-order chi connectivity index (χ1) is 50.0. The summed E-state index contributed by atoms with van der Waals surface area (Å²) in [6, 6.07) is 0. The Bertz CT molecular complexity index is 1950. The maximum atomic E-state index is 12.9. The Kier molecular flexibility index (Phi) is 80.4. The van der Waals surface area contributed by atoms with Gasteiger partial charge in [-0.05, 0) is 83.5 Å². The van der Waals surface area contributed by atoms with Crippen molar-refractivity contribution in [1.29, 1.82) is 0 Å². The Morgan fingerprint density at radius 1 is 0.314 bits per heavy atom. The fourth-order valence-corrected chi connectivity index (χ4v) is 14.2. The van der Waals surface area contributed by atoms with Crippen LogP contribution in [0, 0.1) is 0 Å². The summed E-state index contributed by atoms with van der Waals surface area (Å²) in [5.74, 6) is -0.770. The molecule has 0 saturated carbocycles. The number of likely N-dealkylation sites (N-methyl/N-ethyl adjacent to an activating group) is 1. The van der Waals surface area contributed by atoms with E-state index in [1.54, 1.807) is 0 Å². The lowest BCUT2D eigenvalue weighted by Crippen LogP contribution is -2.37. The van der Waals surface area contributed by atoms with E-state index in [-0.39, 0.29) is 25.6 Å². The normalized spacial score (nSPS) is 13.3. The van der Waals surface area contributed by atoms with E-state index in [9.17, 15) is 19.0 Å². The largest absolute Gasteiger partial charge is 0.472 e. The van der Waals surface area contributed by atoms with E-state index in [2.05, 4.69) is 86.8 Å². The minimum absolute atomic E-state index is 0.0344. The first-order valence-electron chi connectivity index (χ1n) is 44.7. The molecule has 0 radical (unpaired) electrons. The molecule has 1 N–H and O–H groups in total. The van der Waals surface area contributed by atoms with Crippen LogP contribution in [0.2, 0.25) is 0 Å². The highest BCUT2D eigenvalue weighted by Crippen LogP contribution is 2.43. The molecular weight excluding hydrogens is 1280 g/mol. The number of unbranched alkanes of at least 4 members (excludes halogenated alkanes) is 58. The van der Waals surface area contributed by atoms with Gasteiger partial charge in [0.15, 0.2) is 6.10 Å². The highest BCUT2D eigenvalue weighted by Gasteiger charge is 2.27. The number of phosphoric ester groups is 1. The van der Waals surface area contributed by atoms with E-state index < -0.39 is 26.5 Å². The maximum Gasteiger partial charge on any atom is 0.472 e. The van der Waals surface area contributed by atoms with Gasteiger partial charge in [-0.1, -0.05) is 427 Å². The molecule has 0 bridgehead atoms. The van der Waals surface area contributed by atoms with Crippen molar-refractivity contribution in [3.8, 4) is 0 Å². The monoisotopic (exact) mass is 1450 g/mol. The van der Waals surface area contributed by atoms with Crippen molar-refractivity contribution in [2.75, 3.05) is 47.5 Å². The lowest BCUT2D eigenvalue weighted by Gasteiger charge is -2.24. The van der Waals surface area contributed by atoms with E-state index in [0.717, 1.165) is 64.2 Å². The fraction of sp³-hybridized carbons (Fsp3) is 0.848. The van der Waals surface area contributed by atoms with Crippen LogP contribution in [-0.4, -0.2) is 74.9 Å². The minimum atomic E-state index is -4.40. The van der Waals surface area contributed by atoms with Crippen LogP contribution in [0.1, 0.15) is 450 Å². The highest BCUT2D eigenvalue weighted by atomic mass is 31.2. The summed E-state index contributed by atoms with van der Waals surface area (Å²) >= 11 is 0. The number of nitrogens with zero attached hydrogens (tertiary/aromatic N) is 1. The zero-order valence-electron chi connectivity index (χ0n) is 68.6. The average Bonchev–Trinajstić information content (AvgIpc) is 0.916. The summed E-state index contributed by atoms with van der Waals surface area (Å²) in [6.07, 6.45) is 114. The molecule has 0 amide bonds. The van der Waals surface area contributed by atoms with Crippen molar-refractivity contribution < 1.29 is 42.1 Å². The van der Waals surface area contributed by atoms with Gasteiger partial charge in [-0.3, -0.25) is 18.6 Å². The summed E-state index contributed by atoms with van der Waals surface area (Å²) in [5, 5.41) is 0. The van der Waals surface area contributed by atoms with Gasteiger partial charge in [0, 0.05) is 12.8 Å². The molecule has 102 heavy (non-hydrogen) atoms. The summed E-state index contributed by atoms with van der Waals surface area (Å²) < 4.78 is 34.9. The van der Waals surface area contributed by atoms with Gasteiger partial charge in [0.05, 0.1) is 27.7 Å². The molecule has 9 nitrogen and oxygen atoms in total. The first-order valence-corrected chi connectivity index (χ1v) is 46.2. The molecule has 2 atom stereocenters. The molecule has 0 saturated heterocycles. The van der Waals surface area contributed by atoms with Crippen LogP contribution in [0.5, 0.6) is 0 Å². The minimum Gasteiger partial charge on any atom is -0.462 e. The standard InChI is InChI=1S/C92H172NO8P/c1-6-8-10-12-14-16-18-20-22-24-26-28-30-32-34-36-38-40-42-44-45-46-47-49-51-53-55-57-59-61-63-65-67-69-71-73-75-77-79-81-83-85-92(95)101-90(89-100-102(96,97)99-87-86-93(3,4)5)88-98-91(94)84-82-80-78-76-74-72-70-68-66-64-62-60-58-56-54-52-50-48-43-41-39-37-35-33-31-29-27-25-23-21-19-17-15-13-11-9-7-2/h8,10,14,16,20,22,25-28,32,34,90H,6-7,9,11-13,15,17-19,21,23-24,29-31,33,35-89H2,1-5H3/p+1/b10-8-,16-14-,22-20-,27-25-,28-26-,34-32-. The molecule has 0 aliphatic rings. The van der Waals surface area contributed by atoms with E-state index >= 15 is 0 Å². The van der Waals surface area contributed by atoms with Crippen molar-refractivity contribution in [3.63, 3.8) is 0 Å². The summed E-state index contributed by atoms with van der Waals surface area (Å²) in [5.41, 5.74) is 0. The molecular formula is C92H173NO8P+. The molecule has 0 aliphatic carbocycles. The first kappa shape index (κ1) is 99.5. The molecule has 0 aromatic heterocycles. The zero-order valence-corrected chi connectivity index (χ0v) is 69.5. The van der Waals surface area contributed by atoms with Crippen molar-refractivity contribution >= 4 is 19.8 Å². The van der Waals surface area contributed by atoms with Crippen LogP contribution in [0.4, 0.5) is 0 Å². The quantitative estimate of drug-likeness (QED) is 0.0211. The SMILES string of the molecule is CC/C=C\C/C=C\C/C=C\C/C=C\C/C=C\CCCCCCCCCCCCCCCCCCCCCCCCCCCC(=O)OC(COC(=O)CCCCCCCCCCCCCCCCCCCCCCCCCCC/C=C\CCCCCCCCCC)COP(=O)(O)OCC[N+](C)(C)C. The summed E-state index contributed by atoms with van der Waals surface area (Å²) in [7, 11) is 1.50. The summed E-state index contributed by atoms with van der Waals surface area (Å²) in [4.78, 5) is 36.1. The number of carbonyl (C=O) groups is 2. The number of quaternary nitrogens is 1. The third kappa shape index (κ3) is 86.4. The lowest BCUT2D eigenvalue weighted by atomic mass is 10.0. The van der Waals surface area contributed by atoms with Crippen LogP contribution in [0.3, 0.4) is 0 Å². The van der Waals surface area contributed by atoms with E-state index in [1.807, 2.05) is 21.1 Å². The number of allylic oxidation sites excluding steroid dienone is 12. The molecule has 0 aromatic rings. The third-order valence-corrected chi connectivity index (χ3v) is 21.2. The van der Waals surface area contributed by atoms with Gasteiger partial charge in [0.2, 0.25) is 0 Å². The Labute approximate surface area is 635 Å². The predicted octanol–water partition coefficient (Wildman–Crippen LogP) is 30.2.